The average Bonchev–Trinajstić information content (AvgIpc) is 2.74. The van der Waals surface area contributed by atoms with Crippen molar-refractivity contribution in [3.8, 4) is 0 Å². The number of amides is 3. The van der Waals surface area contributed by atoms with Gasteiger partial charge in [0.15, 0.2) is 0 Å². The zero-order chi connectivity index (χ0) is 15.6. The van der Waals surface area contributed by atoms with Crippen molar-refractivity contribution in [2.75, 3.05) is 19.6 Å². The van der Waals surface area contributed by atoms with E-state index in [1.807, 2.05) is 0 Å². The predicted molar refractivity (Wildman–Crippen MR) is 79.8 cm³/mol. The summed E-state index contributed by atoms with van der Waals surface area (Å²) in [5.41, 5.74) is 0.308. The molecule has 0 aromatic heterocycles. The second kappa shape index (κ2) is 6.04. The van der Waals surface area contributed by atoms with Crippen molar-refractivity contribution in [2.45, 2.75) is 31.2 Å². The number of carbonyl (C=O) groups excluding carboxylic acids is 2. The summed E-state index contributed by atoms with van der Waals surface area (Å²) >= 11 is 0. The van der Waals surface area contributed by atoms with Crippen LogP contribution >= 0.6 is 0 Å². The minimum atomic E-state index is -0.696. The maximum absolute atomic E-state index is 12.8. The fourth-order valence-corrected chi connectivity index (χ4v) is 3.16. The van der Waals surface area contributed by atoms with Crippen molar-refractivity contribution in [1.29, 1.82) is 0 Å². The van der Waals surface area contributed by atoms with E-state index in [1.54, 1.807) is 12.1 Å². The Hall–Kier alpha value is -1.95. The first-order chi connectivity index (χ1) is 10.6. The second-order valence-electron chi connectivity index (χ2n) is 5.95. The molecule has 5 nitrogen and oxygen atoms in total. The van der Waals surface area contributed by atoms with E-state index in [4.69, 9.17) is 0 Å². The number of hydrogen-bond donors (Lipinski definition) is 2. The summed E-state index contributed by atoms with van der Waals surface area (Å²) in [5.74, 6) is -0.358. The number of piperidine rings is 1. The van der Waals surface area contributed by atoms with E-state index in [9.17, 15) is 14.0 Å². The molecule has 0 unspecified atom stereocenters. The maximum atomic E-state index is 12.8. The molecule has 2 heterocycles. The van der Waals surface area contributed by atoms with E-state index in [0.29, 0.717) is 32.2 Å². The summed E-state index contributed by atoms with van der Waals surface area (Å²) in [6, 6.07) is 6.02. The zero-order valence-corrected chi connectivity index (χ0v) is 12.4. The summed E-state index contributed by atoms with van der Waals surface area (Å²) in [4.78, 5) is 25.9. The zero-order valence-electron chi connectivity index (χ0n) is 12.4. The van der Waals surface area contributed by atoms with Gasteiger partial charge in [-0.05, 0) is 56.5 Å². The number of halogens is 1. The van der Waals surface area contributed by atoms with Crippen molar-refractivity contribution in [2.24, 2.45) is 0 Å². The third-order valence-corrected chi connectivity index (χ3v) is 4.46. The Kier molecular flexibility index (Phi) is 4.11. The van der Waals surface area contributed by atoms with Crippen LogP contribution in [0.4, 0.5) is 9.18 Å². The van der Waals surface area contributed by atoms with Crippen LogP contribution in [0.5, 0.6) is 0 Å². The number of benzene rings is 1. The van der Waals surface area contributed by atoms with Crippen LogP contribution in [-0.2, 0) is 11.2 Å². The average molecular weight is 305 g/mol. The molecule has 2 saturated heterocycles. The highest BCUT2D eigenvalue weighted by Gasteiger charge is 2.50. The van der Waals surface area contributed by atoms with Gasteiger partial charge in [0, 0.05) is 6.54 Å². The van der Waals surface area contributed by atoms with Crippen molar-refractivity contribution in [1.82, 2.24) is 15.5 Å². The molecule has 1 aromatic carbocycles. The quantitative estimate of drug-likeness (QED) is 0.827. The summed E-state index contributed by atoms with van der Waals surface area (Å²) in [6.45, 7) is 1.89. The molecule has 0 bridgehead atoms. The molecule has 2 fully saturated rings. The highest BCUT2D eigenvalue weighted by Crippen LogP contribution is 2.27. The van der Waals surface area contributed by atoms with Gasteiger partial charge in [0.2, 0.25) is 0 Å². The van der Waals surface area contributed by atoms with Crippen LogP contribution in [0.1, 0.15) is 24.8 Å². The molecule has 3 rings (SSSR count). The number of imide groups is 1. The number of aryl methyl sites for hydroxylation is 1. The number of rotatable bonds is 4. The van der Waals surface area contributed by atoms with Gasteiger partial charge in [-0.15, -0.1) is 0 Å². The maximum Gasteiger partial charge on any atom is 0.325 e. The molecule has 6 heteroatoms. The first kappa shape index (κ1) is 15.0. The van der Waals surface area contributed by atoms with Crippen molar-refractivity contribution >= 4 is 11.9 Å². The van der Waals surface area contributed by atoms with Gasteiger partial charge in [-0.2, -0.15) is 0 Å². The van der Waals surface area contributed by atoms with Gasteiger partial charge >= 0.3 is 6.03 Å². The Morgan fingerprint density at radius 1 is 1.14 bits per heavy atom. The Bertz CT molecular complexity index is 567. The largest absolute Gasteiger partial charge is 0.325 e. The molecular formula is C16H20FN3O2. The normalized spacial score (nSPS) is 20.5. The van der Waals surface area contributed by atoms with Gasteiger partial charge in [-0.25, -0.2) is 9.18 Å². The Morgan fingerprint density at radius 3 is 2.50 bits per heavy atom. The lowest BCUT2D eigenvalue weighted by Gasteiger charge is -2.31. The first-order valence-corrected chi connectivity index (χ1v) is 7.70. The smallest absolute Gasteiger partial charge is 0.323 e. The first-order valence-electron chi connectivity index (χ1n) is 7.70. The summed E-state index contributed by atoms with van der Waals surface area (Å²) < 4.78 is 12.8. The van der Waals surface area contributed by atoms with E-state index in [-0.39, 0.29) is 17.8 Å². The van der Waals surface area contributed by atoms with Crippen molar-refractivity contribution in [3.05, 3.63) is 35.6 Å². The standard InChI is InChI=1S/C16H20FN3O2/c17-13-5-3-12(4-6-13)2-1-11-20-14(21)16(19-15(20)22)7-9-18-10-8-16/h3-6,18H,1-2,7-11H2,(H,19,22). The molecule has 2 aliphatic rings. The number of carbonyl (C=O) groups is 2. The lowest BCUT2D eigenvalue weighted by molar-refractivity contribution is -0.132. The molecule has 0 atom stereocenters. The van der Waals surface area contributed by atoms with Crippen LogP contribution < -0.4 is 10.6 Å². The Balaban J connectivity index is 1.57. The summed E-state index contributed by atoms with van der Waals surface area (Å²) in [7, 11) is 0. The van der Waals surface area contributed by atoms with Crippen LogP contribution in [0.3, 0.4) is 0 Å². The van der Waals surface area contributed by atoms with E-state index in [2.05, 4.69) is 10.6 Å². The highest BCUT2D eigenvalue weighted by atomic mass is 19.1. The van der Waals surface area contributed by atoms with Crippen LogP contribution in [-0.4, -0.2) is 42.0 Å². The van der Waals surface area contributed by atoms with E-state index < -0.39 is 5.54 Å². The lowest BCUT2D eigenvalue weighted by Crippen LogP contribution is -2.53. The second-order valence-corrected chi connectivity index (χ2v) is 5.95. The third kappa shape index (κ3) is 2.83. The minimum Gasteiger partial charge on any atom is -0.323 e. The summed E-state index contributed by atoms with van der Waals surface area (Å²) in [6.07, 6.45) is 2.68. The van der Waals surface area contributed by atoms with Gasteiger partial charge in [-0.3, -0.25) is 9.69 Å². The number of urea groups is 1. The monoisotopic (exact) mass is 305 g/mol. The van der Waals surface area contributed by atoms with Gasteiger partial charge in [-0.1, -0.05) is 12.1 Å². The molecule has 2 aliphatic heterocycles. The molecule has 22 heavy (non-hydrogen) atoms. The molecule has 2 N–H and O–H groups in total. The molecule has 3 amide bonds. The number of nitrogens with one attached hydrogen (secondary N) is 2. The van der Waals surface area contributed by atoms with Crippen molar-refractivity contribution < 1.29 is 14.0 Å². The SMILES string of the molecule is O=C1NC2(CCNCC2)C(=O)N1CCCc1ccc(F)cc1. The fraction of sp³-hybridized carbons (Fsp3) is 0.500. The molecule has 118 valence electrons. The fourth-order valence-electron chi connectivity index (χ4n) is 3.16. The predicted octanol–water partition coefficient (Wildman–Crippen LogP) is 1.43. The highest BCUT2D eigenvalue weighted by molar-refractivity contribution is 6.07. The van der Waals surface area contributed by atoms with Gasteiger partial charge in [0.1, 0.15) is 11.4 Å². The Morgan fingerprint density at radius 2 is 1.82 bits per heavy atom. The van der Waals surface area contributed by atoms with E-state index >= 15 is 0 Å². The summed E-state index contributed by atoms with van der Waals surface area (Å²) in [5, 5.41) is 6.08. The van der Waals surface area contributed by atoms with Crippen LogP contribution in [0, 0.1) is 5.82 Å². The molecule has 1 spiro atoms. The molecular weight excluding hydrogens is 285 g/mol. The van der Waals surface area contributed by atoms with Gasteiger partial charge < -0.3 is 10.6 Å². The van der Waals surface area contributed by atoms with Crippen molar-refractivity contribution in [3.63, 3.8) is 0 Å². The molecule has 1 aromatic rings. The molecule has 0 radical (unpaired) electrons. The van der Waals surface area contributed by atoms with E-state index in [1.165, 1.54) is 17.0 Å². The van der Waals surface area contributed by atoms with Crippen LogP contribution in [0.2, 0.25) is 0 Å². The van der Waals surface area contributed by atoms with Crippen LogP contribution in [0.15, 0.2) is 24.3 Å². The van der Waals surface area contributed by atoms with Gasteiger partial charge in [0.25, 0.3) is 5.91 Å². The lowest BCUT2D eigenvalue weighted by atomic mass is 9.88. The topological polar surface area (TPSA) is 61.4 Å². The van der Waals surface area contributed by atoms with E-state index in [0.717, 1.165) is 18.7 Å². The number of nitrogens with zero attached hydrogens (tertiary/aromatic N) is 1. The Labute approximate surface area is 128 Å². The van der Waals surface area contributed by atoms with Gasteiger partial charge in [0.05, 0.1) is 0 Å². The third-order valence-electron chi connectivity index (χ3n) is 4.46. The molecule has 0 aliphatic carbocycles. The molecule has 0 saturated carbocycles. The van der Waals surface area contributed by atoms with Crippen LogP contribution in [0.25, 0.3) is 0 Å². The minimum absolute atomic E-state index is 0.0990. The number of hydrogen-bond acceptors (Lipinski definition) is 3.